The monoisotopic (exact) mass is 246 g/mol. The van der Waals surface area contributed by atoms with Gasteiger partial charge in [-0.25, -0.2) is 4.98 Å². The third-order valence-electron chi connectivity index (χ3n) is 2.30. The molecule has 0 aliphatic carbocycles. The molecular weight excluding hydrogens is 233 g/mol. The summed E-state index contributed by atoms with van der Waals surface area (Å²) in [5.41, 5.74) is 1.09. The molecule has 0 fully saturated rings. The Morgan fingerprint density at radius 1 is 1.47 bits per heavy atom. The van der Waals surface area contributed by atoms with Crippen LogP contribution in [-0.2, 0) is 0 Å². The van der Waals surface area contributed by atoms with Gasteiger partial charge in [0, 0.05) is 25.4 Å². The van der Waals surface area contributed by atoms with Crippen molar-refractivity contribution in [2.24, 2.45) is 0 Å². The van der Waals surface area contributed by atoms with Crippen molar-refractivity contribution in [3.8, 4) is 0 Å². The van der Waals surface area contributed by atoms with E-state index in [9.17, 15) is 18.0 Å². The van der Waals surface area contributed by atoms with Crippen LogP contribution in [0.1, 0.15) is 22.3 Å². The highest BCUT2D eigenvalue weighted by atomic mass is 19.4. The number of hydrogen-bond acceptors (Lipinski definition) is 3. The first kappa shape index (κ1) is 13.5. The molecule has 0 saturated heterocycles. The maximum Gasteiger partial charge on any atom is 0.390 e. The zero-order chi connectivity index (χ0) is 13.1. The first-order chi connectivity index (χ1) is 7.83. The van der Waals surface area contributed by atoms with Gasteiger partial charge in [0.25, 0.3) is 0 Å². The zero-order valence-electron chi connectivity index (χ0n) is 9.58. The van der Waals surface area contributed by atoms with Gasteiger partial charge in [0.15, 0.2) is 6.29 Å². The number of aryl methyl sites for hydroxylation is 1. The van der Waals surface area contributed by atoms with E-state index in [0.29, 0.717) is 23.2 Å². The molecule has 0 atom stereocenters. The van der Waals surface area contributed by atoms with Gasteiger partial charge in [-0.3, -0.25) is 4.79 Å². The summed E-state index contributed by atoms with van der Waals surface area (Å²) >= 11 is 0. The minimum absolute atomic E-state index is 0.155. The number of anilines is 1. The van der Waals surface area contributed by atoms with Gasteiger partial charge in [0.2, 0.25) is 0 Å². The SMILES string of the molecule is Cc1cc(C=O)cnc1N(C)CCC(F)(F)F. The Labute approximate surface area is 97.3 Å². The molecule has 0 aliphatic rings. The van der Waals surface area contributed by atoms with E-state index in [2.05, 4.69) is 4.98 Å². The number of alkyl halides is 3. The lowest BCUT2D eigenvalue weighted by molar-refractivity contribution is -0.132. The van der Waals surface area contributed by atoms with Crippen molar-refractivity contribution in [3.05, 3.63) is 23.4 Å². The highest BCUT2D eigenvalue weighted by molar-refractivity contribution is 5.75. The number of rotatable bonds is 4. The number of hydrogen-bond donors (Lipinski definition) is 0. The van der Waals surface area contributed by atoms with Crippen LogP contribution in [0.25, 0.3) is 0 Å². The molecule has 0 bridgehead atoms. The lowest BCUT2D eigenvalue weighted by Gasteiger charge is -2.20. The van der Waals surface area contributed by atoms with Crippen LogP contribution in [0, 0.1) is 6.92 Å². The molecule has 1 rings (SSSR count). The second-order valence-electron chi connectivity index (χ2n) is 3.81. The summed E-state index contributed by atoms with van der Waals surface area (Å²) in [7, 11) is 1.54. The average Bonchev–Trinajstić information content (AvgIpc) is 2.24. The van der Waals surface area contributed by atoms with Gasteiger partial charge in [0.05, 0.1) is 6.42 Å². The number of halogens is 3. The van der Waals surface area contributed by atoms with Crippen LogP contribution in [0.2, 0.25) is 0 Å². The Morgan fingerprint density at radius 2 is 2.12 bits per heavy atom. The average molecular weight is 246 g/mol. The summed E-state index contributed by atoms with van der Waals surface area (Å²) in [6, 6.07) is 1.60. The lowest BCUT2D eigenvalue weighted by atomic mass is 10.2. The molecule has 1 aromatic rings. The van der Waals surface area contributed by atoms with Crippen molar-refractivity contribution < 1.29 is 18.0 Å². The molecule has 0 radical (unpaired) electrons. The number of carbonyl (C=O) groups excluding carboxylic acids is 1. The number of nitrogens with zero attached hydrogens (tertiary/aromatic N) is 2. The van der Waals surface area contributed by atoms with Crippen LogP contribution in [-0.4, -0.2) is 31.0 Å². The van der Waals surface area contributed by atoms with E-state index in [0.717, 1.165) is 0 Å². The maximum atomic E-state index is 12.1. The summed E-state index contributed by atoms with van der Waals surface area (Å²) in [6.07, 6.45) is -3.07. The van der Waals surface area contributed by atoms with Crippen molar-refractivity contribution in [3.63, 3.8) is 0 Å². The number of aldehydes is 1. The van der Waals surface area contributed by atoms with Crippen LogP contribution in [0.4, 0.5) is 19.0 Å². The molecule has 0 N–H and O–H groups in total. The third kappa shape index (κ3) is 4.05. The van der Waals surface area contributed by atoms with Crippen molar-refractivity contribution in [1.82, 2.24) is 4.98 Å². The number of aromatic nitrogens is 1. The molecule has 1 aromatic heterocycles. The van der Waals surface area contributed by atoms with Crippen molar-refractivity contribution in [1.29, 1.82) is 0 Å². The summed E-state index contributed by atoms with van der Waals surface area (Å²) in [5, 5.41) is 0. The van der Waals surface area contributed by atoms with E-state index >= 15 is 0 Å². The number of pyridine rings is 1. The Hall–Kier alpha value is -1.59. The van der Waals surface area contributed by atoms with Crippen LogP contribution >= 0.6 is 0 Å². The Morgan fingerprint density at radius 3 is 2.59 bits per heavy atom. The molecule has 17 heavy (non-hydrogen) atoms. The predicted molar refractivity (Wildman–Crippen MR) is 58.3 cm³/mol. The summed E-state index contributed by atoms with van der Waals surface area (Å²) in [5.74, 6) is 0.458. The quantitative estimate of drug-likeness (QED) is 0.765. The minimum atomic E-state index is -4.18. The van der Waals surface area contributed by atoms with Gasteiger partial charge in [0.1, 0.15) is 5.82 Å². The second kappa shape index (κ2) is 5.16. The fraction of sp³-hybridized carbons (Fsp3) is 0.455. The van der Waals surface area contributed by atoms with Gasteiger partial charge in [-0.2, -0.15) is 13.2 Å². The van der Waals surface area contributed by atoms with E-state index < -0.39 is 12.6 Å². The third-order valence-corrected chi connectivity index (χ3v) is 2.30. The van der Waals surface area contributed by atoms with Gasteiger partial charge in [-0.15, -0.1) is 0 Å². The fourth-order valence-electron chi connectivity index (χ4n) is 1.45. The number of carbonyl (C=O) groups is 1. The largest absolute Gasteiger partial charge is 0.390 e. The molecule has 94 valence electrons. The van der Waals surface area contributed by atoms with Crippen molar-refractivity contribution >= 4 is 12.1 Å². The lowest BCUT2D eigenvalue weighted by Crippen LogP contribution is -2.25. The van der Waals surface area contributed by atoms with Gasteiger partial charge >= 0.3 is 6.18 Å². The smallest absolute Gasteiger partial charge is 0.359 e. The normalized spacial score (nSPS) is 11.4. The minimum Gasteiger partial charge on any atom is -0.359 e. The van der Waals surface area contributed by atoms with Crippen LogP contribution in [0.15, 0.2) is 12.3 Å². The topological polar surface area (TPSA) is 33.2 Å². The standard InChI is InChI=1S/C11H13F3N2O/c1-8-5-9(7-17)6-15-10(8)16(2)4-3-11(12,13)14/h5-7H,3-4H2,1-2H3. The molecular formula is C11H13F3N2O. The molecule has 0 aliphatic heterocycles. The van der Waals surface area contributed by atoms with E-state index in [1.807, 2.05) is 0 Å². The predicted octanol–water partition coefficient (Wildman–Crippen LogP) is 2.59. The van der Waals surface area contributed by atoms with E-state index in [4.69, 9.17) is 0 Å². The Kier molecular flexibility index (Phi) is 4.09. The molecule has 3 nitrogen and oxygen atoms in total. The highest BCUT2D eigenvalue weighted by Crippen LogP contribution is 2.22. The summed E-state index contributed by atoms with van der Waals surface area (Å²) in [6.45, 7) is 1.55. The van der Waals surface area contributed by atoms with Gasteiger partial charge < -0.3 is 4.90 Å². The molecule has 0 amide bonds. The molecule has 1 heterocycles. The molecule has 0 spiro atoms. The Balaban J connectivity index is 2.75. The van der Waals surface area contributed by atoms with Crippen LogP contribution in [0.3, 0.4) is 0 Å². The van der Waals surface area contributed by atoms with Crippen molar-refractivity contribution in [2.45, 2.75) is 19.5 Å². The van der Waals surface area contributed by atoms with E-state index in [1.54, 1.807) is 20.0 Å². The van der Waals surface area contributed by atoms with Crippen molar-refractivity contribution in [2.75, 3.05) is 18.5 Å². The molecule has 0 unspecified atom stereocenters. The fourth-order valence-corrected chi connectivity index (χ4v) is 1.45. The van der Waals surface area contributed by atoms with Crippen LogP contribution in [0.5, 0.6) is 0 Å². The van der Waals surface area contributed by atoms with Gasteiger partial charge in [-0.1, -0.05) is 0 Å². The van der Waals surface area contributed by atoms with Crippen LogP contribution < -0.4 is 4.90 Å². The maximum absolute atomic E-state index is 12.1. The summed E-state index contributed by atoms with van der Waals surface area (Å²) in [4.78, 5) is 15.9. The highest BCUT2D eigenvalue weighted by Gasteiger charge is 2.27. The van der Waals surface area contributed by atoms with E-state index in [-0.39, 0.29) is 6.54 Å². The first-order valence-electron chi connectivity index (χ1n) is 5.03. The van der Waals surface area contributed by atoms with Gasteiger partial charge in [-0.05, 0) is 18.6 Å². The second-order valence-corrected chi connectivity index (χ2v) is 3.81. The molecule has 0 saturated carbocycles. The zero-order valence-corrected chi connectivity index (χ0v) is 9.58. The molecule has 6 heteroatoms. The van der Waals surface area contributed by atoms with E-state index in [1.165, 1.54) is 11.1 Å². The molecule has 0 aromatic carbocycles. The Bertz CT molecular complexity index is 404. The summed E-state index contributed by atoms with van der Waals surface area (Å²) < 4.78 is 36.2. The first-order valence-corrected chi connectivity index (χ1v) is 5.03.